The van der Waals surface area contributed by atoms with Gasteiger partial charge >= 0.3 is 6.09 Å². The highest BCUT2D eigenvalue weighted by molar-refractivity contribution is 5.87. The topological polar surface area (TPSA) is 154 Å². The van der Waals surface area contributed by atoms with Crippen molar-refractivity contribution in [1.29, 1.82) is 0 Å². The van der Waals surface area contributed by atoms with E-state index in [-0.39, 0.29) is 23.9 Å². The SMILES string of the molecule is CN1CCN(CC(=O)N2CCC[C@H]2c2ncc(-c3ccc(-c4ccc(-c5cnc([C@@H]6CCCN6C(=O)[C@H](NC(=O)O)c6ccccc6)[nH]5)cc4)cc3)[nH]2)CC1. The second-order valence-electron chi connectivity index (χ2n) is 14.8. The molecule has 2 aromatic heterocycles. The molecule has 3 atom stereocenters. The van der Waals surface area contributed by atoms with Crippen molar-refractivity contribution in [2.75, 3.05) is 52.9 Å². The van der Waals surface area contributed by atoms with Crippen molar-refractivity contribution in [1.82, 2.24) is 44.9 Å². The van der Waals surface area contributed by atoms with E-state index in [1.165, 1.54) is 0 Å². The molecule has 5 aromatic rings. The fraction of sp³-hybridized carbons (Fsp3) is 0.357. The van der Waals surface area contributed by atoms with Gasteiger partial charge in [-0.05, 0) is 60.5 Å². The molecule has 3 amide bonds. The Morgan fingerprint density at radius 1 is 0.709 bits per heavy atom. The lowest BCUT2D eigenvalue weighted by Gasteiger charge is -2.33. The van der Waals surface area contributed by atoms with Gasteiger partial charge in [-0.15, -0.1) is 0 Å². The number of aromatic nitrogens is 4. The molecule has 3 fully saturated rings. The van der Waals surface area contributed by atoms with Gasteiger partial charge < -0.3 is 35.1 Å². The van der Waals surface area contributed by atoms with Crippen molar-refractivity contribution in [3.8, 4) is 33.6 Å². The number of rotatable bonds is 10. The van der Waals surface area contributed by atoms with Crippen LogP contribution in [0.3, 0.4) is 0 Å². The maximum Gasteiger partial charge on any atom is 0.405 e. The van der Waals surface area contributed by atoms with Gasteiger partial charge in [-0.3, -0.25) is 14.5 Å². The van der Waals surface area contributed by atoms with E-state index in [4.69, 9.17) is 4.98 Å². The normalized spacial score (nSPS) is 19.8. The standard InChI is InChI=1S/C42H47N9O4/c1-48-21-23-49(24-22-48)27-37(52)50-19-5-9-35(50)39-43-25-33(45-39)30-15-11-28(12-16-30)29-13-17-31(18-14-29)34-26-44-40(46-34)36-10-6-20-51(36)41(53)38(47-42(54)55)32-7-3-2-4-8-32/h2-4,7-8,11-18,25-26,35-36,38,47H,5-6,9-10,19-24,27H2,1H3,(H,43,45)(H,44,46)(H,54,55)/t35-,36-,38+/m0/s1. The Kier molecular flexibility index (Phi) is 10.5. The van der Waals surface area contributed by atoms with E-state index in [1.54, 1.807) is 35.4 Å². The Bertz CT molecular complexity index is 2110. The highest BCUT2D eigenvalue weighted by atomic mass is 16.4. The highest BCUT2D eigenvalue weighted by Gasteiger charge is 2.37. The number of carbonyl (C=O) groups is 3. The first-order chi connectivity index (χ1) is 26.8. The number of benzene rings is 3. The number of H-pyrrole nitrogens is 2. The van der Waals surface area contributed by atoms with Crippen LogP contribution >= 0.6 is 0 Å². The summed E-state index contributed by atoms with van der Waals surface area (Å²) in [4.78, 5) is 63.3. The summed E-state index contributed by atoms with van der Waals surface area (Å²) in [7, 11) is 2.13. The Balaban J connectivity index is 0.906. The van der Waals surface area contributed by atoms with Crippen LogP contribution in [0.4, 0.5) is 4.79 Å². The van der Waals surface area contributed by atoms with Crippen molar-refractivity contribution in [3.05, 3.63) is 108 Å². The minimum Gasteiger partial charge on any atom is -0.465 e. The molecule has 0 bridgehead atoms. The Labute approximate surface area is 320 Å². The molecular weight excluding hydrogens is 695 g/mol. The molecule has 3 saturated heterocycles. The summed E-state index contributed by atoms with van der Waals surface area (Å²) in [5, 5.41) is 11.9. The van der Waals surface area contributed by atoms with Gasteiger partial charge in [0.15, 0.2) is 0 Å². The van der Waals surface area contributed by atoms with Gasteiger partial charge in [0, 0.05) is 39.3 Å². The molecule has 13 heteroatoms. The number of likely N-dealkylation sites (N-methyl/N-ethyl adjacent to an activating group) is 1. The maximum atomic E-state index is 13.7. The number of nitrogens with one attached hydrogen (secondary N) is 3. The number of piperazine rings is 1. The average Bonchev–Trinajstić information content (AvgIpc) is 4.05. The summed E-state index contributed by atoms with van der Waals surface area (Å²) in [6, 6.07) is 24.3. The van der Waals surface area contributed by atoms with E-state index in [2.05, 4.69) is 85.6 Å². The molecule has 3 aliphatic heterocycles. The average molecular weight is 742 g/mol. The smallest absolute Gasteiger partial charge is 0.405 e. The zero-order valence-electron chi connectivity index (χ0n) is 31.0. The molecule has 8 rings (SSSR count). The lowest BCUT2D eigenvalue weighted by molar-refractivity contribution is -0.135. The molecule has 5 heterocycles. The number of amides is 3. The summed E-state index contributed by atoms with van der Waals surface area (Å²) in [6.45, 7) is 5.60. The second-order valence-corrected chi connectivity index (χ2v) is 14.8. The molecule has 3 aromatic carbocycles. The van der Waals surface area contributed by atoms with Crippen molar-refractivity contribution in [3.63, 3.8) is 0 Å². The number of aromatic amines is 2. The first-order valence-corrected chi connectivity index (χ1v) is 19.2. The molecule has 0 unspecified atom stereocenters. The van der Waals surface area contributed by atoms with E-state index in [0.717, 1.165) is 97.9 Å². The van der Waals surface area contributed by atoms with Crippen molar-refractivity contribution in [2.45, 2.75) is 43.8 Å². The van der Waals surface area contributed by atoms with E-state index in [9.17, 15) is 19.5 Å². The first-order valence-electron chi connectivity index (χ1n) is 19.2. The number of carbonyl (C=O) groups excluding carboxylic acids is 2. The summed E-state index contributed by atoms with van der Waals surface area (Å²) in [5.41, 5.74) is 6.54. The molecule has 0 aliphatic carbocycles. The quantitative estimate of drug-likeness (QED) is 0.142. The summed E-state index contributed by atoms with van der Waals surface area (Å²) in [6.07, 6.45) is 5.84. The third kappa shape index (κ3) is 7.89. The number of hydrogen-bond acceptors (Lipinski definition) is 7. The van der Waals surface area contributed by atoms with Crippen LogP contribution in [0, 0.1) is 0 Å². The zero-order chi connectivity index (χ0) is 37.9. The fourth-order valence-electron chi connectivity index (χ4n) is 8.16. The monoisotopic (exact) mass is 741 g/mol. The van der Waals surface area contributed by atoms with Crippen molar-refractivity contribution >= 4 is 17.9 Å². The molecule has 4 N–H and O–H groups in total. The van der Waals surface area contributed by atoms with Crippen LogP contribution in [0.1, 0.15) is 61.0 Å². The number of likely N-dealkylation sites (tertiary alicyclic amines) is 2. The molecule has 13 nitrogen and oxygen atoms in total. The zero-order valence-corrected chi connectivity index (χ0v) is 31.0. The molecule has 284 valence electrons. The number of nitrogens with zero attached hydrogens (tertiary/aromatic N) is 6. The Morgan fingerprint density at radius 3 is 1.76 bits per heavy atom. The minimum absolute atomic E-state index is 0.0230. The van der Waals surface area contributed by atoms with Crippen LogP contribution in [0.25, 0.3) is 33.6 Å². The number of imidazole rings is 2. The van der Waals surface area contributed by atoms with Crippen LogP contribution in [0.15, 0.2) is 91.3 Å². The lowest BCUT2D eigenvalue weighted by Crippen LogP contribution is -2.48. The number of hydrogen-bond donors (Lipinski definition) is 4. The highest BCUT2D eigenvalue weighted by Crippen LogP contribution is 2.35. The van der Waals surface area contributed by atoms with Crippen LogP contribution in [0.5, 0.6) is 0 Å². The van der Waals surface area contributed by atoms with Crippen LogP contribution < -0.4 is 5.32 Å². The predicted molar refractivity (Wildman–Crippen MR) is 209 cm³/mol. The molecule has 3 aliphatic rings. The number of carboxylic acid groups (broad SMARTS) is 1. The first kappa shape index (κ1) is 36.2. The van der Waals surface area contributed by atoms with E-state index in [0.29, 0.717) is 24.5 Å². The molecule has 0 radical (unpaired) electrons. The second kappa shape index (κ2) is 15.9. The molecular formula is C42H47N9O4. The van der Waals surface area contributed by atoms with Gasteiger partial charge in [0.1, 0.15) is 17.7 Å². The van der Waals surface area contributed by atoms with Gasteiger partial charge in [0.25, 0.3) is 5.91 Å². The van der Waals surface area contributed by atoms with Crippen LogP contribution in [-0.2, 0) is 9.59 Å². The van der Waals surface area contributed by atoms with Gasteiger partial charge in [-0.1, -0.05) is 78.9 Å². The van der Waals surface area contributed by atoms with Crippen LogP contribution in [0.2, 0.25) is 0 Å². The third-order valence-corrected chi connectivity index (χ3v) is 11.3. The van der Waals surface area contributed by atoms with Crippen LogP contribution in [-0.4, -0.2) is 115 Å². The summed E-state index contributed by atoms with van der Waals surface area (Å²) >= 11 is 0. The van der Waals surface area contributed by atoms with Crippen molar-refractivity contribution in [2.24, 2.45) is 0 Å². The van der Waals surface area contributed by atoms with E-state index >= 15 is 0 Å². The third-order valence-electron chi connectivity index (χ3n) is 11.3. The van der Waals surface area contributed by atoms with Gasteiger partial charge in [0.05, 0.1) is 42.4 Å². The van der Waals surface area contributed by atoms with Gasteiger partial charge in [-0.25, -0.2) is 14.8 Å². The maximum absolute atomic E-state index is 13.7. The predicted octanol–water partition coefficient (Wildman–Crippen LogP) is 5.72. The van der Waals surface area contributed by atoms with E-state index < -0.39 is 12.1 Å². The van der Waals surface area contributed by atoms with Crippen molar-refractivity contribution < 1.29 is 19.5 Å². The Hall–Kier alpha value is -5.79. The van der Waals surface area contributed by atoms with Gasteiger partial charge in [-0.2, -0.15) is 0 Å². The summed E-state index contributed by atoms with van der Waals surface area (Å²) in [5.74, 6) is 1.42. The largest absolute Gasteiger partial charge is 0.465 e. The van der Waals surface area contributed by atoms with E-state index in [1.807, 2.05) is 17.2 Å². The molecule has 0 spiro atoms. The minimum atomic E-state index is -1.25. The Morgan fingerprint density at radius 2 is 1.22 bits per heavy atom. The molecule has 55 heavy (non-hydrogen) atoms. The lowest BCUT2D eigenvalue weighted by atomic mass is 10.0. The van der Waals surface area contributed by atoms with Gasteiger partial charge in [0.2, 0.25) is 5.91 Å². The molecule has 0 saturated carbocycles. The fourth-order valence-corrected chi connectivity index (χ4v) is 8.16. The summed E-state index contributed by atoms with van der Waals surface area (Å²) < 4.78 is 0.